The summed E-state index contributed by atoms with van der Waals surface area (Å²) in [6.07, 6.45) is 15.7. The van der Waals surface area contributed by atoms with Gasteiger partial charge in [-0.3, -0.25) is 34.4 Å². The lowest BCUT2D eigenvalue weighted by Crippen LogP contribution is -2.47. The van der Waals surface area contributed by atoms with Gasteiger partial charge in [0.05, 0.1) is 4.43 Å². The van der Waals surface area contributed by atoms with Crippen LogP contribution in [-0.2, 0) is 24.0 Å². The lowest BCUT2D eigenvalue weighted by Gasteiger charge is -2.24. The molecule has 0 aromatic heterocycles. The van der Waals surface area contributed by atoms with Crippen molar-refractivity contribution in [2.24, 2.45) is 0 Å². The van der Waals surface area contributed by atoms with Crippen molar-refractivity contribution in [1.82, 2.24) is 15.3 Å². The number of alkyl halides is 1. The number of carbonyl (C=O) groups is 5. The van der Waals surface area contributed by atoms with Gasteiger partial charge in [0.1, 0.15) is 6.54 Å². The van der Waals surface area contributed by atoms with Gasteiger partial charge >= 0.3 is 11.9 Å². The number of unbranched alkanes of at least 4 members (excludes halogenated alkanes) is 13. The Morgan fingerprint density at radius 3 is 1.47 bits per heavy atom. The highest BCUT2D eigenvalue weighted by molar-refractivity contribution is 14.1. The third-order valence-corrected chi connectivity index (χ3v) is 7.00. The minimum Gasteiger partial charge on any atom is -0.481 e. The van der Waals surface area contributed by atoms with Gasteiger partial charge in [0.15, 0.2) is 0 Å². The second kappa shape index (κ2) is 24.1. The molecule has 10 nitrogen and oxygen atoms in total. The van der Waals surface area contributed by atoms with Gasteiger partial charge < -0.3 is 15.1 Å². The summed E-state index contributed by atoms with van der Waals surface area (Å²) >= 11 is 1.90. The fourth-order valence-electron chi connectivity index (χ4n) is 4.15. The lowest BCUT2D eigenvalue weighted by atomic mass is 10.0. The summed E-state index contributed by atoms with van der Waals surface area (Å²) in [5.41, 5.74) is 2.50. The molecule has 0 heterocycles. The molecule has 220 valence electrons. The fourth-order valence-corrected chi connectivity index (χ4v) is 4.32. The zero-order valence-corrected chi connectivity index (χ0v) is 25.2. The molecule has 0 aliphatic rings. The van der Waals surface area contributed by atoms with Crippen LogP contribution >= 0.6 is 22.6 Å². The zero-order chi connectivity index (χ0) is 28.6. The molecule has 0 aliphatic carbocycles. The molecule has 0 bridgehead atoms. The number of amides is 3. The SMILES string of the molecule is CCN(NC(=O)CI)C(=O)CCN(CC(=O)O)C(=O)CCCCCCCCCCCCCCCCC(=O)O. The van der Waals surface area contributed by atoms with Crippen LogP contribution < -0.4 is 5.43 Å². The Hall–Kier alpha value is -1.92. The van der Waals surface area contributed by atoms with Gasteiger partial charge in [0.25, 0.3) is 0 Å². The van der Waals surface area contributed by atoms with Crippen molar-refractivity contribution in [2.75, 3.05) is 24.1 Å². The van der Waals surface area contributed by atoms with Gasteiger partial charge in [-0.1, -0.05) is 99.6 Å². The predicted octanol–water partition coefficient (Wildman–Crippen LogP) is 4.93. The number of hydrazine groups is 1. The summed E-state index contributed by atoms with van der Waals surface area (Å²) in [7, 11) is 0. The van der Waals surface area contributed by atoms with Crippen molar-refractivity contribution in [3.63, 3.8) is 0 Å². The second-order valence-electron chi connectivity index (χ2n) is 9.61. The number of carbonyl (C=O) groups excluding carboxylic acids is 3. The highest BCUT2D eigenvalue weighted by Gasteiger charge is 2.20. The summed E-state index contributed by atoms with van der Waals surface area (Å²) in [6, 6.07) is 0. The fraction of sp³-hybridized carbons (Fsp3) is 0.815. The van der Waals surface area contributed by atoms with E-state index in [0.29, 0.717) is 6.42 Å². The summed E-state index contributed by atoms with van der Waals surface area (Å²) in [6.45, 7) is 1.57. The van der Waals surface area contributed by atoms with Crippen LogP contribution in [0, 0.1) is 0 Å². The molecule has 11 heteroatoms. The Bertz CT molecular complexity index is 706. The van der Waals surface area contributed by atoms with Gasteiger partial charge in [0.2, 0.25) is 17.7 Å². The normalized spacial score (nSPS) is 10.7. The van der Waals surface area contributed by atoms with E-state index in [1.165, 1.54) is 54.9 Å². The summed E-state index contributed by atoms with van der Waals surface area (Å²) in [4.78, 5) is 59.3. The summed E-state index contributed by atoms with van der Waals surface area (Å²) < 4.78 is 0.213. The van der Waals surface area contributed by atoms with E-state index in [0.717, 1.165) is 38.5 Å². The Morgan fingerprint density at radius 1 is 0.632 bits per heavy atom. The average molecular weight is 654 g/mol. The van der Waals surface area contributed by atoms with Crippen LogP contribution in [0.2, 0.25) is 0 Å². The molecule has 0 radical (unpaired) electrons. The summed E-state index contributed by atoms with van der Waals surface area (Å²) in [5.74, 6) is -2.74. The average Bonchev–Trinajstić information content (AvgIpc) is 2.88. The first-order valence-electron chi connectivity index (χ1n) is 14.1. The van der Waals surface area contributed by atoms with E-state index in [1.54, 1.807) is 6.92 Å². The Morgan fingerprint density at radius 2 is 1.08 bits per heavy atom. The van der Waals surface area contributed by atoms with Gasteiger partial charge in [-0.15, -0.1) is 0 Å². The molecule has 0 fully saturated rings. The number of hydrogen-bond acceptors (Lipinski definition) is 5. The van der Waals surface area contributed by atoms with E-state index in [4.69, 9.17) is 10.2 Å². The highest BCUT2D eigenvalue weighted by atomic mass is 127. The number of aliphatic carboxylic acids is 2. The lowest BCUT2D eigenvalue weighted by molar-refractivity contribution is -0.146. The molecule has 0 aromatic carbocycles. The van der Waals surface area contributed by atoms with Crippen LogP contribution in [0.1, 0.15) is 116 Å². The van der Waals surface area contributed by atoms with Crippen molar-refractivity contribution in [1.29, 1.82) is 0 Å². The molecule has 0 unspecified atom stereocenters. The number of hydrogen-bond donors (Lipinski definition) is 3. The first kappa shape index (κ1) is 36.1. The van der Waals surface area contributed by atoms with E-state index in [9.17, 15) is 24.0 Å². The van der Waals surface area contributed by atoms with E-state index < -0.39 is 18.5 Å². The standard InChI is InChI=1S/C27H48IN3O7/c1-2-31(29-23(32)21-28)25(34)19-20-30(22-27(37)38)24(33)17-15-13-11-9-7-5-3-4-6-8-10-12-14-16-18-26(35)36/h2-22H2,1H3,(H,29,32)(H,35,36)(H,37,38). The molecule has 0 rings (SSSR count). The maximum absolute atomic E-state index is 12.6. The molecular weight excluding hydrogens is 605 g/mol. The third kappa shape index (κ3) is 21.1. The molecule has 0 saturated heterocycles. The molecule has 0 spiro atoms. The van der Waals surface area contributed by atoms with Crippen LogP contribution in [0.25, 0.3) is 0 Å². The van der Waals surface area contributed by atoms with E-state index in [2.05, 4.69) is 5.43 Å². The van der Waals surface area contributed by atoms with Crippen molar-refractivity contribution in [3.8, 4) is 0 Å². The number of nitrogens with one attached hydrogen (secondary N) is 1. The van der Waals surface area contributed by atoms with Gasteiger partial charge in [-0.2, -0.15) is 0 Å². The Balaban J connectivity index is 3.94. The first-order chi connectivity index (χ1) is 18.2. The molecule has 3 N–H and O–H groups in total. The van der Waals surface area contributed by atoms with E-state index in [-0.39, 0.29) is 54.5 Å². The first-order valence-corrected chi connectivity index (χ1v) is 15.6. The smallest absolute Gasteiger partial charge is 0.323 e. The maximum atomic E-state index is 12.6. The number of halogens is 1. The number of nitrogens with zero attached hydrogens (tertiary/aromatic N) is 2. The van der Waals surface area contributed by atoms with E-state index >= 15 is 0 Å². The number of rotatable bonds is 24. The van der Waals surface area contributed by atoms with Crippen molar-refractivity contribution in [2.45, 2.75) is 116 Å². The molecule has 0 aromatic rings. The molecular formula is C27H48IN3O7. The minimum absolute atomic E-state index is 0.00525. The van der Waals surface area contributed by atoms with Crippen molar-refractivity contribution >= 4 is 52.3 Å². The Kier molecular flexibility index (Phi) is 22.9. The quantitative estimate of drug-likeness (QED) is 0.0580. The predicted molar refractivity (Wildman–Crippen MR) is 155 cm³/mol. The largest absolute Gasteiger partial charge is 0.481 e. The molecule has 0 atom stereocenters. The number of carboxylic acids is 2. The van der Waals surface area contributed by atoms with Crippen LogP contribution in [-0.4, -0.2) is 73.8 Å². The second-order valence-corrected chi connectivity index (χ2v) is 10.4. The van der Waals surface area contributed by atoms with Crippen LogP contribution in [0.3, 0.4) is 0 Å². The maximum Gasteiger partial charge on any atom is 0.323 e. The molecule has 0 saturated carbocycles. The zero-order valence-electron chi connectivity index (χ0n) is 23.1. The van der Waals surface area contributed by atoms with Crippen LogP contribution in [0.15, 0.2) is 0 Å². The van der Waals surface area contributed by atoms with Gasteiger partial charge in [-0.05, 0) is 19.8 Å². The van der Waals surface area contributed by atoms with Crippen molar-refractivity contribution in [3.05, 3.63) is 0 Å². The van der Waals surface area contributed by atoms with Crippen LogP contribution in [0.4, 0.5) is 0 Å². The third-order valence-electron chi connectivity index (χ3n) is 6.30. The minimum atomic E-state index is -1.12. The molecule has 0 aliphatic heterocycles. The van der Waals surface area contributed by atoms with Gasteiger partial charge in [0, 0.05) is 32.4 Å². The Labute approximate surface area is 241 Å². The highest BCUT2D eigenvalue weighted by Crippen LogP contribution is 2.14. The number of carboxylic acid groups (broad SMARTS) is 2. The van der Waals surface area contributed by atoms with E-state index in [1.807, 2.05) is 22.6 Å². The topological polar surface area (TPSA) is 144 Å². The summed E-state index contributed by atoms with van der Waals surface area (Å²) in [5, 5.41) is 19.0. The molecule has 3 amide bonds. The van der Waals surface area contributed by atoms with Crippen LogP contribution in [0.5, 0.6) is 0 Å². The van der Waals surface area contributed by atoms with Crippen molar-refractivity contribution < 1.29 is 34.2 Å². The molecule has 38 heavy (non-hydrogen) atoms. The monoisotopic (exact) mass is 653 g/mol. The van der Waals surface area contributed by atoms with Gasteiger partial charge in [-0.25, -0.2) is 0 Å².